The van der Waals surface area contributed by atoms with Gasteiger partial charge >= 0.3 is 0 Å². The minimum atomic E-state index is -0.733. The Kier molecular flexibility index (Phi) is 7.30. The molecule has 0 radical (unpaired) electrons. The molecule has 0 fully saturated rings. The molecule has 0 saturated heterocycles. The molecule has 0 saturated carbocycles. The number of carbonyl (C=O) groups is 2. The topological polar surface area (TPSA) is 123 Å². The number of aliphatic hydroxyl groups is 1. The summed E-state index contributed by atoms with van der Waals surface area (Å²) in [6, 6.07) is 16.7. The lowest BCUT2D eigenvalue weighted by molar-refractivity contribution is 0.0839. The molecule has 0 aliphatic carbocycles. The van der Waals surface area contributed by atoms with E-state index in [0.29, 0.717) is 30.0 Å². The molecule has 2 aromatic carbocycles. The van der Waals surface area contributed by atoms with E-state index >= 15 is 0 Å². The molecular formula is C28H30N6O3. The molecule has 190 valence electrons. The number of anilines is 1. The van der Waals surface area contributed by atoms with E-state index in [2.05, 4.69) is 32.7 Å². The smallest absolute Gasteiger partial charge is 0.273 e. The van der Waals surface area contributed by atoms with Crippen LogP contribution in [0.4, 0.5) is 5.82 Å². The number of fused-ring (bicyclic) bond motifs is 2. The molecule has 3 heterocycles. The lowest BCUT2D eigenvalue weighted by atomic mass is 10.00. The zero-order valence-electron chi connectivity index (χ0n) is 20.6. The highest BCUT2D eigenvalue weighted by Gasteiger charge is 2.26. The van der Waals surface area contributed by atoms with Gasteiger partial charge in [0.05, 0.1) is 17.7 Å². The summed E-state index contributed by atoms with van der Waals surface area (Å²) in [6.07, 6.45) is 2.84. The second-order valence-electron chi connectivity index (χ2n) is 9.59. The number of hydrogen-bond acceptors (Lipinski definition) is 6. The van der Waals surface area contributed by atoms with Crippen molar-refractivity contribution in [3.63, 3.8) is 0 Å². The van der Waals surface area contributed by atoms with E-state index in [1.807, 2.05) is 22.8 Å². The fourth-order valence-electron chi connectivity index (χ4n) is 5.01. The molecule has 0 spiro atoms. The molecule has 1 atom stereocenters. The molecule has 1 aromatic heterocycles. The summed E-state index contributed by atoms with van der Waals surface area (Å²) in [5.74, 6) is 0.319. The maximum Gasteiger partial charge on any atom is 0.273 e. The summed E-state index contributed by atoms with van der Waals surface area (Å²) >= 11 is 0. The van der Waals surface area contributed by atoms with Crippen LogP contribution in [0.15, 0.2) is 48.5 Å². The first-order valence-electron chi connectivity index (χ1n) is 12.7. The van der Waals surface area contributed by atoms with E-state index in [-0.39, 0.29) is 18.1 Å². The normalized spacial score (nSPS) is 15.7. The number of benzene rings is 2. The van der Waals surface area contributed by atoms with Crippen molar-refractivity contribution in [2.75, 3.05) is 25.0 Å². The summed E-state index contributed by atoms with van der Waals surface area (Å²) < 4.78 is 1.89. The number of β-amino-alcohol motifs (C(OH)–C–C–N with tert-alkyl or cyclic N) is 1. The molecule has 5 rings (SSSR count). The molecule has 0 bridgehead atoms. The van der Waals surface area contributed by atoms with Crippen LogP contribution in [0.1, 0.15) is 56.2 Å². The Labute approximate surface area is 215 Å². The molecule has 9 heteroatoms. The Hall–Kier alpha value is -4.00. The average Bonchev–Trinajstić information content (AvgIpc) is 3.30. The number of hydrogen-bond donors (Lipinski definition) is 3. The van der Waals surface area contributed by atoms with Gasteiger partial charge in [-0.2, -0.15) is 5.26 Å². The van der Waals surface area contributed by atoms with Crippen molar-refractivity contribution in [1.29, 1.82) is 5.26 Å². The van der Waals surface area contributed by atoms with Crippen molar-refractivity contribution in [2.24, 2.45) is 0 Å². The number of imidazole rings is 1. The van der Waals surface area contributed by atoms with Gasteiger partial charge in [-0.15, -0.1) is 0 Å². The third-order valence-electron chi connectivity index (χ3n) is 6.98. The van der Waals surface area contributed by atoms with Crippen molar-refractivity contribution in [3.05, 3.63) is 82.3 Å². The van der Waals surface area contributed by atoms with Crippen LogP contribution in [0.2, 0.25) is 0 Å². The molecular weight excluding hydrogens is 468 g/mol. The van der Waals surface area contributed by atoms with Gasteiger partial charge in [0.25, 0.3) is 11.8 Å². The van der Waals surface area contributed by atoms with E-state index in [4.69, 9.17) is 5.26 Å². The summed E-state index contributed by atoms with van der Waals surface area (Å²) in [7, 11) is 0. The number of amides is 2. The lowest BCUT2D eigenvalue weighted by Crippen LogP contribution is -2.42. The van der Waals surface area contributed by atoms with Crippen LogP contribution < -0.4 is 10.6 Å². The number of nitriles is 1. The Morgan fingerprint density at radius 3 is 2.59 bits per heavy atom. The largest absolute Gasteiger partial charge is 0.390 e. The van der Waals surface area contributed by atoms with Crippen molar-refractivity contribution in [3.8, 4) is 6.07 Å². The van der Waals surface area contributed by atoms with Crippen LogP contribution in [-0.2, 0) is 25.9 Å². The van der Waals surface area contributed by atoms with E-state index in [1.165, 1.54) is 11.1 Å². The van der Waals surface area contributed by atoms with E-state index in [1.54, 1.807) is 24.3 Å². The fourth-order valence-corrected chi connectivity index (χ4v) is 5.01. The predicted octanol–water partition coefficient (Wildman–Crippen LogP) is 2.49. The van der Waals surface area contributed by atoms with E-state index < -0.39 is 12.0 Å². The molecule has 2 amide bonds. The number of rotatable bonds is 7. The molecule has 2 aliphatic rings. The molecule has 3 N–H and O–H groups in total. The minimum Gasteiger partial charge on any atom is -0.390 e. The molecule has 2 aliphatic heterocycles. The van der Waals surface area contributed by atoms with Crippen molar-refractivity contribution in [1.82, 2.24) is 19.8 Å². The zero-order valence-corrected chi connectivity index (χ0v) is 20.6. The predicted molar refractivity (Wildman–Crippen MR) is 138 cm³/mol. The van der Waals surface area contributed by atoms with Gasteiger partial charge in [-0.3, -0.25) is 14.5 Å². The van der Waals surface area contributed by atoms with Gasteiger partial charge in [0.1, 0.15) is 11.6 Å². The van der Waals surface area contributed by atoms with Gasteiger partial charge in [0.2, 0.25) is 0 Å². The first kappa shape index (κ1) is 24.7. The summed E-state index contributed by atoms with van der Waals surface area (Å²) in [6.45, 7) is 2.85. The first-order chi connectivity index (χ1) is 18.0. The Morgan fingerprint density at radius 2 is 1.81 bits per heavy atom. The molecule has 9 nitrogen and oxygen atoms in total. The Balaban J connectivity index is 1.24. The molecule has 37 heavy (non-hydrogen) atoms. The van der Waals surface area contributed by atoms with Crippen LogP contribution in [-0.4, -0.2) is 57.1 Å². The number of carbonyl (C=O) groups excluding carboxylic acids is 2. The highest BCUT2D eigenvalue weighted by atomic mass is 16.3. The van der Waals surface area contributed by atoms with Crippen LogP contribution in [0.3, 0.4) is 0 Å². The van der Waals surface area contributed by atoms with Gasteiger partial charge in [0, 0.05) is 44.7 Å². The Morgan fingerprint density at radius 1 is 1.03 bits per heavy atom. The first-order valence-corrected chi connectivity index (χ1v) is 12.7. The Bertz CT molecular complexity index is 1340. The number of aromatic nitrogens is 2. The third kappa shape index (κ3) is 5.56. The molecule has 3 aromatic rings. The van der Waals surface area contributed by atoms with E-state index in [0.717, 1.165) is 44.6 Å². The quantitative estimate of drug-likeness (QED) is 0.460. The van der Waals surface area contributed by atoms with Crippen LogP contribution in [0.25, 0.3) is 0 Å². The maximum atomic E-state index is 13.1. The lowest BCUT2D eigenvalue weighted by Gasteiger charge is -2.30. The van der Waals surface area contributed by atoms with Crippen LogP contribution >= 0.6 is 0 Å². The standard InChI is InChI=1S/C28H30N6O3/c29-15-19-8-10-21(11-9-19)27(36)32-26-25(31-24-7-3-4-13-34(24)26)28(37)30-16-23(35)18-33-14-12-20-5-1-2-6-22(20)17-33/h1-2,5-6,8-11,23,35H,3-4,7,12-14,16-18H2,(H,30,37)(H,32,36). The van der Waals surface area contributed by atoms with Gasteiger partial charge in [-0.05, 0) is 54.7 Å². The monoisotopic (exact) mass is 498 g/mol. The second kappa shape index (κ2) is 10.9. The highest BCUT2D eigenvalue weighted by molar-refractivity contribution is 6.07. The van der Waals surface area contributed by atoms with Crippen molar-refractivity contribution in [2.45, 2.75) is 44.9 Å². The zero-order chi connectivity index (χ0) is 25.8. The van der Waals surface area contributed by atoms with Crippen molar-refractivity contribution >= 4 is 17.6 Å². The second-order valence-corrected chi connectivity index (χ2v) is 9.59. The van der Waals surface area contributed by atoms with E-state index in [9.17, 15) is 14.7 Å². The summed E-state index contributed by atoms with van der Waals surface area (Å²) in [5, 5.41) is 25.3. The minimum absolute atomic E-state index is 0.0855. The highest BCUT2D eigenvalue weighted by Crippen LogP contribution is 2.25. The maximum absolute atomic E-state index is 13.1. The van der Waals surface area contributed by atoms with Gasteiger partial charge < -0.3 is 20.3 Å². The average molecular weight is 499 g/mol. The summed E-state index contributed by atoms with van der Waals surface area (Å²) in [5.41, 5.74) is 3.62. The van der Waals surface area contributed by atoms with Crippen LogP contribution in [0, 0.1) is 11.3 Å². The SMILES string of the molecule is N#Cc1ccc(C(=O)Nc2c(C(=O)NCC(O)CN3CCc4ccccc4C3)nc3n2CCCC3)cc1. The summed E-state index contributed by atoms with van der Waals surface area (Å²) in [4.78, 5) is 32.8. The fraction of sp³-hybridized carbons (Fsp3) is 0.357. The number of aryl methyl sites for hydroxylation is 1. The van der Waals surface area contributed by atoms with Crippen molar-refractivity contribution < 1.29 is 14.7 Å². The van der Waals surface area contributed by atoms with Crippen LogP contribution in [0.5, 0.6) is 0 Å². The number of nitrogens with zero attached hydrogens (tertiary/aromatic N) is 4. The van der Waals surface area contributed by atoms with Gasteiger partial charge in [0.15, 0.2) is 5.69 Å². The van der Waals surface area contributed by atoms with Gasteiger partial charge in [-0.1, -0.05) is 24.3 Å². The third-order valence-corrected chi connectivity index (χ3v) is 6.98. The number of nitrogens with one attached hydrogen (secondary N) is 2. The molecule has 1 unspecified atom stereocenters. The number of aliphatic hydroxyl groups excluding tert-OH is 1. The van der Waals surface area contributed by atoms with Gasteiger partial charge in [-0.25, -0.2) is 4.98 Å².